The standard InChI is InChI=1S/C20H21N5O2S2/c1-4-9-24-18(27)17-14(8-10-28-17)25-19(24)22-23-20(25)29-11-15(26)21-16-12(2)6-5-7-13(16)3/h5-8,10H,4,9,11H2,1-3H3,(H,21,26). The number of carbonyl (C=O) groups is 1. The first-order valence-electron chi connectivity index (χ1n) is 9.35. The average Bonchev–Trinajstić information content (AvgIpc) is 3.33. The van der Waals surface area contributed by atoms with E-state index in [1.54, 1.807) is 4.57 Å². The van der Waals surface area contributed by atoms with Crippen molar-refractivity contribution in [3.63, 3.8) is 0 Å². The summed E-state index contributed by atoms with van der Waals surface area (Å²) in [6, 6.07) is 7.82. The van der Waals surface area contributed by atoms with Crippen molar-refractivity contribution in [3.8, 4) is 0 Å². The number of nitrogens with zero attached hydrogens (tertiary/aromatic N) is 4. The van der Waals surface area contributed by atoms with Crippen LogP contribution >= 0.6 is 23.1 Å². The predicted octanol–water partition coefficient (Wildman–Crippen LogP) is 3.86. The lowest BCUT2D eigenvalue weighted by atomic mass is 10.1. The molecule has 0 aliphatic heterocycles. The number of rotatable bonds is 6. The third-order valence-corrected chi connectivity index (χ3v) is 6.53. The molecular weight excluding hydrogens is 406 g/mol. The van der Waals surface area contributed by atoms with E-state index in [0.29, 0.717) is 22.2 Å². The molecule has 29 heavy (non-hydrogen) atoms. The topological polar surface area (TPSA) is 81.3 Å². The maximum atomic E-state index is 12.8. The molecule has 0 fully saturated rings. The van der Waals surface area contributed by atoms with Gasteiger partial charge in [0, 0.05) is 12.2 Å². The summed E-state index contributed by atoms with van der Waals surface area (Å²) >= 11 is 2.73. The van der Waals surface area contributed by atoms with E-state index in [-0.39, 0.29) is 17.2 Å². The molecule has 0 unspecified atom stereocenters. The molecule has 4 rings (SSSR count). The Morgan fingerprint density at radius 2 is 1.97 bits per heavy atom. The van der Waals surface area contributed by atoms with Crippen LogP contribution in [0.5, 0.6) is 0 Å². The second-order valence-electron chi connectivity index (χ2n) is 6.81. The molecule has 0 aliphatic carbocycles. The minimum Gasteiger partial charge on any atom is -0.325 e. The third kappa shape index (κ3) is 3.56. The Morgan fingerprint density at radius 1 is 1.21 bits per heavy atom. The van der Waals surface area contributed by atoms with Crippen molar-refractivity contribution in [1.82, 2.24) is 19.2 Å². The summed E-state index contributed by atoms with van der Waals surface area (Å²) in [6.07, 6.45) is 0.819. The maximum absolute atomic E-state index is 12.8. The molecular formula is C20H21N5O2S2. The molecule has 0 atom stereocenters. The summed E-state index contributed by atoms with van der Waals surface area (Å²) in [6.45, 7) is 6.54. The molecule has 0 aliphatic rings. The Bertz CT molecular complexity index is 1250. The summed E-state index contributed by atoms with van der Waals surface area (Å²) < 4.78 is 4.21. The van der Waals surface area contributed by atoms with Crippen LogP contribution in [0.4, 0.5) is 5.69 Å². The van der Waals surface area contributed by atoms with Gasteiger partial charge in [0.25, 0.3) is 5.56 Å². The summed E-state index contributed by atoms with van der Waals surface area (Å²) in [5.41, 5.74) is 3.65. The van der Waals surface area contributed by atoms with Crippen LogP contribution in [-0.4, -0.2) is 30.8 Å². The number of hydrogen-bond acceptors (Lipinski definition) is 6. The molecule has 0 spiro atoms. The van der Waals surface area contributed by atoms with E-state index >= 15 is 0 Å². The molecule has 0 bridgehead atoms. The van der Waals surface area contributed by atoms with Crippen LogP contribution in [0.25, 0.3) is 16.0 Å². The van der Waals surface area contributed by atoms with Crippen molar-refractivity contribution in [2.75, 3.05) is 11.1 Å². The van der Waals surface area contributed by atoms with Gasteiger partial charge in [0.05, 0.1) is 11.3 Å². The highest BCUT2D eigenvalue weighted by Crippen LogP contribution is 2.25. The molecule has 1 amide bonds. The van der Waals surface area contributed by atoms with Gasteiger partial charge < -0.3 is 5.32 Å². The Labute approximate surface area is 175 Å². The molecule has 0 radical (unpaired) electrons. The van der Waals surface area contributed by atoms with E-state index in [1.807, 2.05) is 54.8 Å². The second kappa shape index (κ2) is 8.00. The zero-order chi connectivity index (χ0) is 20.5. The van der Waals surface area contributed by atoms with Gasteiger partial charge >= 0.3 is 0 Å². The van der Waals surface area contributed by atoms with Gasteiger partial charge in [-0.05, 0) is 42.8 Å². The lowest BCUT2D eigenvalue weighted by Gasteiger charge is -2.11. The first kappa shape index (κ1) is 19.7. The number of fused-ring (bicyclic) bond motifs is 3. The number of aryl methyl sites for hydroxylation is 3. The second-order valence-corrected chi connectivity index (χ2v) is 8.67. The molecule has 3 aromatic heterocycles. The van der Waals surface area contributed by atoms with Gasteiger partial charge in [-0.15, -0.1) is 21.5 Å². The Hall–Kier alpha value is -2.65. The molecule has 7 nitrogen and oxygen atoms in total. The van der Waals surface area contributed by atoms with Crippen molar-refractivity contribution < 1.29 is 4.79 Å². The van der Waals surface area contributed by atoms with Crippen LogP contribution in [0.1, 0.15) is 24.5 Å². The van der Waals surface area contributed by atoms with Gasteiger partial charge in [-0.1, -0.05) is 36.9 Å². The first-order valence-corrected chi connectivity index (χ1v) is 11.2. The monoisotopic (exact) mass is 427 g/mol. The summed E-state index contributed by atoms with van der Waals surface area (Å²) in [5, 5.41) is 14.0. The van der Waals surface area contributed by atoms with E-state index < -0.39 is 0 Å². The maximum Gasteiger partial charge on any atom is 0.272 e. The van der Waals surface area contributed by atoms with Crippen molar-refractivity contribution in [2.24, 2.45) is 0 Å². The van der Waals surface area contributed by atoms with Crippen LogP contribution < -0.4 is 10.9 Å². The fraction of sp³-hybridized carbons (Fsp3) is 0.300. The highest BCUT2D eigenvalue weighted by atomic mass is 32.2. The number of carbonyl (C=O) groups excluding carboxylic acids is 1. The summed E-state index contributed by atoms with van der Waals surface area (Å²) in [5.74, 6) is 0.612. The molecule has 0 saturated carbocycles. The van der Waals surface area contributed by atoms with E-state index in [4.69, 9.17) is 0 Å². The molecule has 1 aromatic carbocycles. The molecule has 3 heterocycles. The number of amides is 1. The van der Waals surface area contributed by atoms with E-state index in [1.165, 1.54) is 23.1 Å². The molecule has 4 aromatic rings. The number of hydrogen-bond donors (Lipinski definition) is 1. The normalized spacial score (nSPS) is 11.4. The lowest BCUT2D eigenvalue weighted by molar-refractivity contribution is -0.113. The van der Waals surface area contributed by atoms with Crippen LogP contribution in [0.3, 0.4) is 0 Å². The summed E-state index contributed by atoms with van der Waals surface area (Å²) in [4.78, 5) is 25.3. The highest BCUT2D eigenvalue weighted by molar-refractivity contribution is 7.99. The van der Waals surface area contributed by atoms with E-state index in [9.17, 15) is 9.59 Å². The number of para-hydroxylation sites is 1. The Balaban J connectivity index is 1.64. The van der Waals surface area contributed by atoms with Gasteiger partial charge in [-0.2, -0.15) is 0 Å². The van der Waals surface area contributed by atoms with Crippen LogP contribution in [-0.2, 0) is 11.3 Å². The number of aromatic nitrogens is 4. The van der Waals surface area contributed by atoms with E-state index in [2.05, 4.69) is 15.5 Å². The first-order chi connectivity index (χ1) is 14.0. The largest absolute Gasteiger partial charge is 0.325 e. The SMILES string of the molecule is CCCn1c(=O)c2sccc2n2c(SCC(=O)Nc3c(C)cccc3C)nnc12. The Kier molecular flexibility index (Phi) is 5.42. The number of benzene rings is 1. The van der Waals surface area contributed by atoms with Gasteiger partial charge in [0.15, 0.2) is 5.16 Å². The van der Waals surface area contributed by atoms with Crippen molar-refractivity contribution in [3.05, 3.63) is 51.1 Å². The minimum absolute atomic E-state index is 0.0407. The lowest BCUT2D eigenvalue weighted by Crippen LogP contribution is -2.22. The van der Waals surface area contributed by atoms with Crippen LogP contribution in [0.15, 0.2) is 39.6 Å². The molecule has 0 saturated heterocycles. The van der Waals surface area contributed by atoms with Crippen LogP contribution in [0, 0.1) is 13.8 Å². The average molecular weight is 428 g/mol. The van der Waals surface area contributed by atoms with Gasteiger partial charge in [0.2, 0.25) is 11.7 Å². The number of thioether (sulfide) groups is 1. The fourth-order valence-electron chi connectivity index (χ4n) is 3.34. The predicted molar refractivity (Wildman–Crippen MR) is 118 cm³/mol. The minimum atomic E-state index is -0.104. The Morgan fingerprint density at radius 3 is 2.69 bits per heavy atom. The fourth-order valence-corrected chi connectivity index (χ4v) is 4.90. The van der Waals surface area contributed by atoms with Gasteiger partial charge in [-0.3, -0.25) is 18.6 Å². The van der Waals surface area contributed by atoms with Crippen LogP contribution in [0.2, 0.25) is 0 Å². The number of nitrogens with one attached hydrogen (secondary N) is 1. The third-order valence-electron chi connectivity index (χ3n) is 4.71. The molecule has 1 N–H and O–H groups in total. The smallest absolute Gasteiger partial charge is 0.272 e. The quantitative estimate of drug-likeness (QED) is 0.473. The van der Waals surface area contributed by atoms with Crippen molar-refractivity contribution in [2.45, 2.75) is 38.9 Å². The van der Waals surface area contributed by atoms with Crippen molar-refractivity contribution >= 4 is 50.7 Å². The molecule has 9 heteroatoms. The zero-order valence-electron chi connectivity index (χ0n) is 16.4. The number of anilines is 1. The highest BCUT2D eigenvalue weighted by Gasteiger charge is 2.18. The zero-order valence-corrected chi connectivity index (χ0v) is 18.1. The number of thiophene rings is 1. The van der Waals surface area contributed by atoms with Crippen molar-refractivity contribution in [1.29, 1.82) is 0 Å². The van der Waals surface area contributed by atoms with Gasteiger partial charge in [0.1, 0.15) is 4.70 Å². The van der Waals surface area contributed by atoms with Gasteiger partial charge in [-0.25, -0.2) is 0 Å². The summed E-state index contributed by atoms with van der Waals surface area (Å²) in [7, 11) is 0. The van der Waals surface area contributed by atoms with E-state index in [0.717, 1.165) is 28.8 Å². The molecule has 150 valence electrons.